The normalized spacial score (nSPS) is 22.3. The van der Waals surface area contributed by atoms with Crippen LogP contribution in [-0.2, 0) is 19.0 Å². The maximum Gasteiger partial charge on any atom is 0.412 e. The third-order valence-electron chi connectivity index (χ3n) is 5.81. The average Bonchev–Trinajstić information content (AvgIpc) is 3.48. The van der Waals surface area contributed by atoms with Crippen LogP contribution >= 0.6 is 0 Å². The quantitative estimate of drug-likeness (QED) is 0.496. The van der Waals surface area contributed by atoms with Crippen molar-refractivity contribution >= 4 is 17.7 Å². The zero-order valence-electron chi connectivity index (χ0n) is 19.4. The summed E-state index contributed by atoms with van der Waals surface area (Å²) in [6.07, 6.45) is -2.07. The summed E-state index contributed by atoms with van der Waals surface area (Å²) in [5.74, 6) is 1.71. The molecule has 3 aromatic rings. The molecule has 2 heterocycles. The third kappa shape index (κ3) is 5.94. The van der Waals surface area contributed by atoms with Crippen molar-refractivity contribution in [2.45, 2.75) is 24.4 Å². The van der Waals surface area contributed by atoms with Gasteiger partial charge >= 0.3 is 6.09 Å². The van der Waals surface area contributed by atoms with E-state index >= 15 is 0 Å². The van der Waals surface area contributed by atoms with Crippen LogP contribution in [0.25, 0.3) is 0 Å². The molecule has 2 fully saturated rings. The molecule has 36 heavy (non-hydrogen) atoms. The lowest BCUT2D eigenvalue weighted by Gasteiger charge is -2.18. The van der Waals surface area contributed by atoms with Crippen LogP contribution in [0.3, 0.4) is 0 Å². The first kappa shape index (κ1) is 23.7. The van der Waals surface area contributed by atoms with Crippen molar-refractivity contribution in [3.63, 3.8) is 0 Å². The summed E-state index contributed by atoms with van der Waals surface area (Å²) < 4.78 is 28.4. The Morgan fingerprint density at radius 1 is 0.778 bits per heavy atom. The lowest BCUT2D eigenvalue weighted by atomic mass is 10.1. The number of rotatable bonds is 8. The molecule has 0 aromatic heterocycles. The van der Waals surface area contributed by atoms with E-state index in [-0.39, 0.29) is 31.8 Å². The van der Waals surface area contributed by atoms with E-state index < -0.39 is 24.4 Å². The summed E-state index contributed by atoms with van der Waals surface area (Å²) in [5, 5.41) is 5.58. The zero-order chi connectivity index (χ0) is 24.7. The number of carbonyl (C=O) groups excluding carboxylic acids is 2. The van der Waals surface area contributed by atoms with Gasteiger partial charge in [0.1, 0.15) is 29.5 Å². The fraction of sp³-hybridized carbons (Fsp3) is 0.259. The fourth-order valence-corrected chi connectivity index (χ4v) is 4.12. The molecule has 3 aromatic carbocycles. The van der Waals surface area contributed by atoms with E-state index in [1.807, 2.05) is 48.5 Å². The van der Waals surface area contributed by atoms with E-state index in [0.29, 0.717) is 17.2 Å². The predicted molar refractivity (Wildman–Crippen MR) is 130 cm³/mol. The number of nitrogens with one attached hydrogen (secondary N) is 2. The fourth-order valence-electron chi connectivity index (χ4n) is 4.12. The Balaban J connectivity index is 1.07. The van der Waals surface area contributed by atoms with Crippen LogP contribution in [0.4, 0.5) is 10.5 Å². The lowest BCUT2D eigenvalue weighted by Crippen LogP contribution is -2.46. The summed E-state index contributed by atoms with van der Waals surface area (Å²) >= 11 is 0. The monoisotopic (exact) mass is 490 g/mol. The smallest absolute Gasteiger partial charge is 0.412 e. The van der Waals surface area contributed by atoms with E-state index in [9.17, 15) is 9.59 Å². The number of anilines is 1. The molecule has 9 heteroatoms. The maximum atomic E-state index is 12.5. The molecule has 2 saturated heterocycles. The summed E-state index contributed by atoms with van der Waals surface area (Å²) in [6.45, 7) is 0.325. The summed E-state index contributed by atoms with van der Waals surface area (Å²) in [7, 11) is 0. The van der Waals surface area contributed by atoms with Crippen LogP contribution in [0.2, 0.25) is 0 Å². The van der Waals surface area contributed by atoms with Crippen molar-refractivity contribution in [1.82, 2.24) is 5.32 Å². The number of para-hydroxylation sites is 2. The van der Waals surface area contributed by atoms with Crippen LogP contribution in [0.5, 0.6) is 17.2 Å². The highest BCUT2D eigenvalue weighted by Gasteiger charge is 2.50. The van der Waals surface area contributed by atoms with Gasteiger partial charge in [-0.1, -0.05) is 36.4 Å². The summed E-state index contributed by atoms with van der Waals surface area (Å²) in [4.78, 5) is 24.7. The second-order valence-corrected chi connectivity index (χ2v) is 8.38. The van der Waals surface area contributed by atoms with E-state index in [2.05, 4.69) is 10.6 Å². The number of hydrogen-bond donors (Lipinski definition) is 2. The number of fused-ring (bicyclic) bond motifs is 1. The first-order valence-electron chi connectivity index (χ1n) is 11.6. The van der Waals surface area contributed by atoms with Crippen LogP contribution in [0.15, 0.2) is 84.9 Å². The molecular weight excluding hydrogens is 464 g/mol. The molecule has 0 bridgehead atoms. The molecule has 9 nitrogen and oxygen atoms in total. The molecule has 2 N–H and O–H groups in total. The number of ether oxygens (including phenoxy) is 5. The minimum Gasteiger partial charge on any atom is -0.484 e. The molecule has 2 amide bonds. The first-order chi connectivity index (χ1) is 17.6. The van der Waals surface area contributed by atoms with Gasteiger partial charge in [-0.15, -0.1) is 0 Å². The largest absolute Gasteiger partial charge is 0.484 e. The number of hydrogen-bond acceptors (Lipinski definition) is 7. The van der Waals surface area contributed by atoms with Gasteiger partial charge < -0.3 is 29.0 Å². The van der Waals surface area contributed by atoms with Gasteiger partial charge in [0, 0.05) is 5.69 Å². The Bertz CT molecular complexity index is 1160. The highest BCUT2D eigenvalue weighted by Crippen LogP contribution is 2.29. The summed E-state index contributed by atoms with van der Waals surface area (Å²) in [5.41, 5.74) is 0.562. The summed E-state index contributed by atoms with van der Waals surface area (Å²) in [6, 6.07) is 25.1. The van der Waals surface area contributed by atoms with Crippen LogP contribution in [0.1, 0.15) is 0 Å². The lowest BCUT2D eigenvalue weighted by molar-refractivity contribution is -0.124. The van der Waals surface area contributed by atoms with Crippen LogP contribution < -0.4 is 20.1 Å². The van der Waals surface area contributed by atoms with Crippen molar-refractivity contribution in [3.8, 4) is 17.2 Å². The minimum atomic E-state index is -0.617. The van der Waals surface area contributed by atoms with Crippen molar-refractivity contribution in [1.29, 1.82) is 0 Å². The SMILES string of the molecule is O=C(COc1ccccc1)NC1COC2C(OC(=O)Nc3ccc(Oc4ccccc4)cc3)COC12. The van der Waals surface area contributed by atoms with Crippen molar-refractivity contribution in [2.75, 3.05) is 25.1 Å². The Kier molecular flexibility index (Phi) is 7.30. The molecular formula is C27H26N2O7. The molecule has 2 aliphatic heterocycles. The van der Waals surface area contributed by atoms with E-state index in [1.165, 1.54) is 0 Å². The van der Waals surface area contributed by atoms with Crippen molar-refractivity contribution < 1.29 is 33.3 Å². The molecule has 0 saturated carbocycles. The van der Waals surface area contributed by atoms with Gasteiger partial charge in [0.25, 0.3) is 5.91 Å². The highest BCUT2D eigenvalue weighted by atomic mass is 16.6. The minimum absolute atomic E-state index is 0.116. The van der Waals surface area contributed by atoms with Gasteiger partial charge in [0.2, 0.25) is 0 Å². The maximum absolute atomic E-state index is 12.5. The average molecular weight is 491 g/mol. The number of benzene rings is 3. The van der Waals surface area contributed by atoms with Gasteiger partial charge in [0.05, 0.1) is 19.3 Å². The van der Waals surface area contributed by atoms with E-state index in [1.54, 1.807) is 36.4 Å². The zero-order valence-corrected chi connectivity index (χ0v) is 19.4. The molecule has 0 spiro atoms. The van der Waals surface area contributed by atoms with Crippen LogP contribution in [-0.4, -0.2) is 56.2 Å². The topological polar surface area (TPSA) is 104 Å². The number of amides is 2. The second kappa shape index (κ2) is 11.1. The van der Waals surface area contributed by atoms with E-state index in [0.717, 1.165) is 5.75 Å². The molecule has 0 radical (unpaired) electrons. The van der Waals surface area contributed by atoms with E-state index in [4.69, 9.17) is 23.7 Å². The van der Waals surface area contributed by atoms with Gasteiger partial charge in [-0.05, 0) is 48.5 Å². The molecule has 2 aliphatic rings. The Morgan fingerprint density at radius 2 is 1.42 bits per heavy atom. The number of carbonyl (C=O) groups is 2. The molecule has 5 rings (SSSR count). The molecule has 186 valence electrons. The van der Waals surface area contributed by atoms with Gasteiger partial charge in [0.15, 0.2) is 12.7 Å². The van der Waals surface area contributed by atoms with Gasteiger partial charge in [-0.25, -0.2) is 4.79 Å². The predicted octanol–water partition coefficient (Wildman–Crippen LogP) is 3.76. The third-order valence-corrected chi connectivity index (χ3v) is 5.81. The molecule has 4 atom stereocenters. The Hall–Kier alpha value is -4.08. The Labute approximate surface area is 208 Å². The second-order valence-electron chi connectivity index (χ2n) is 8.38. The molecule has 0 aliphatic carbocycles. The van der Waals surface area contributed by atoms with Crippen LogP contribution in [0, 0.1) is 0 Å². The van der Waals surface area contributed by atoms with Crippen molar-refractivity contribution in [2.24, 2.45) is 0 Å². The van der Waals surface area contributed by atoms with Crippen molar-refractivity contribution in [3.05, 3.63) is 84.9 Å². The van der Waals surface area contributed by atoms with Gasteiger partial charge in [-0.3, -0.25) is 10.1 Å². The van der Waals surface area contributed by atoms with Gasteiger partial charge in [-0.2, -0.15) is 0 Å². The highest BCUT2D eigenvalue weighted by molar-refractivity contribution is 5.84. The standard InChI is InChI=1S/C27H26N2O7/c30-24(17-32-19-7-3-1-4-8-19)29-22-15-33-26-23(16-34-25(22)26)36-27(31)28-18-11-13-21(14-12-18)35-20-9-5-2-6-10-20/h1-14,22-23,25-26H,15-17H2,(H,28,31)(H,29,30). The molecule has 4 unspecified atom stereocenters. The first-order valence-corrected chi connectivity index (χ1v) is 11.6. The Morgan fingerprint density at radius 3 is 2.14 bits per heavy atom.